The molecule has 0 aliphatic carbocycles. The summed E-state index contributed by atoms with van der Waals surface area (Å²) in [6.07, 6.45) is 0. The van der Waals surface area contributed by atoms with E-state index in [0.29, 0.717) is 31.1 Å². The molecule has 0 heterocycles. The summed E-state index contributed by atoms with van der Waals surface area (Å²) >= 11 is 0. The van der Waals surface area contributed by atoms with Gasteiger partial charge in [-0.3, -0.25) is 0 Å². The Kier molecular flexibility index (Phi) is 5.22. The summed E-state index contributed by atoms with van der Waals surface area (Å²) < 4.78 is 24.1. The maximum Gasteiger partial charge on any atom is 0.131 e. The van der Waals surface area contributed by atoms with Crippen molar-refractivity contribution in [2.45, 2.75) is 19.9 Å². The van der Waals surface area contributed by atoms with Gasteiger partial charge in [0.25, 0.3) is 0 Å². The lowest BCUT2D eigenvalue weighted by Crippen LogP contribution is -2.13. The van der Waals surface area contributed by atoms with Crippen LogP contribution < -0.4 is 10.5 Å². The third-order valence-corrected chi connectivity index (χ3v) is 2.16. The molecule has 0 amide bonds. The van der Waals surface area contributed by atoms with Gasteiger partial charge in [0, 0.05) is 18.2 Å². The molecule has 0 aliphatic rings. The fourth-order valence-electron chi connectivity index (χ4n) is 1.44. The fourth-order valence-corrected chi connectivity index (χ4v) is 1.44. The van der Waals surface area contributed by atoms with E-state index in [9.17, 15) is 4.39 Å². The first-order valence-electron chi connectivity index (χ1n) is 5.41. The minimum Gasteiger partial charge on any atom is -0.491 e. The van der Waals surface area contributed by atoms with Crippen LogP contribution in [0.5, 0.6) is 5.75 Å². The van der Waals surface area contributed by atoms with Crippen LogP contribution in [0.25, 0.3) is 0 Å². The summed E-state index contributed by atoms with van der Waals surface area (Å²) in [5.74, 6) is 0.165. The highest BCUT2D eigenvalue weighted by Gasteiger charge is 2.13. The Hall–Kier alpha value is -1.13. The van der Waals surface area contributed by atoms with E-state index in [1.165, 1.54) is 6.07 Å². The smallest absolute Gasteiger partial charge is 0.131 e. The quantitative estimate of drug-likeness (QED) is 0.758. The molecular weight excluding hydrogens is 209 g/mol. The number of nitrogens with two attached hydrogens (primary N) is 1. The summed E-state index contributed by atoms with van der Waals surface area (Å²) in [6, 6.07) is 4.32. The molecular formula is C12H18FNO2. The van der Waals surface area contributed by atoms with E-state index in [-0.39, 0.29) is 11.9 Å². The van der Waals surface area contributed by atoms with Crippen LogP contribution in [0.15, 0.2) is 18.2 Å². The Morgan fingerprint density at radius 3 is 2.75 bits per heavy atom. The Morgan fingerprint density at radius 1 is 1.38 bits per heavy atom. The van der Waals surface area contributed by atoms with Crippen molar-refractivity contribution in [2.24, 2.45) is 5.73 Å². The van der Waals surface area contributed by atoms with Crippen molar-refractivity contribution in [3.8, 4) is 5.75 Å². The van der Waals surface area contributed by atoms with Gasteiger partial charge in [-0.15, -0.1) is 0 Å². The lowest BCUT2D eigenvalue weighted by Gasteiger charge is -2.14. The normalized spacial score (nSPS) is 12.5. The lowest BCUT2D eigenvalue weighted by molar-refractivity contribution is 0.109. The second-order valence-corrected chi connectivity index (χ2v) is 3.49. The average molecular weight is 227 g/mol. The molecule has 0 saturated carbocycles. The predicted octanol–water partition coefficient (Wildman–Crippen LogP) is 2.26. The third-order valence-electron chi connectivity index (χ3n) is 2.16. The molecule has 0 fully saturated rings. The first-order valence-corrected chi connectivity index (χ1v) is 5.41. The Morgan fingerprint density at radius 2 is 2.12 bits per heavy atom. The van der Waals surface area contributed by atoms with Crippen LogP contribution in [-0.2, 0) is 4.74 Å². The van der Waals surface area contributed by atoms with Crippen molar-refractivity contribution in [3.05, 3.63) is 29.6 Å². The number of rotatable bonds is 6. The van der Waals surface area contributed by atoms with Crippen molar-refractivity contribution in [1.29, 1.82) is 0 Å². The molecule has 0 bridgehead atoms. The van der Waals surface area contributed by atoms with Gasteiger partial charge in [0.15, 0.2) is 0 Å². The molecule has 0 radical (unpaired) electrons. The molecule has 1 aromatic carbocycles. The zero-order chi connectivity index (χ0) is 12.0. The third kappa shape index (κ3) is 3.47. The van der Waals surface area contributed by atoms with Crippen LogP contribution in [0.3, 0.4) is 0 Å². The molecule has 16 heavy (non-hydrogen) atoms. The maximum atomic E-state index is 13.5. The Labute approximate surface area is 95.4 Å². The van der Waals surface area contributed by atoms with Crippen molar-refractivity contribution >= 4 is 0 Å². The van der Waals surface area contributed by atoms with Crippen LogP contribution in [-0.4, -0.2) is 19.8 Å². The number of ether oxygens (including phenoxy) is 2. The second kappa shape index (κ2) is 6.45. The lowest BCUT2D eigenvalue weighted by atomic mass is 10.1. The highest BCUT2D eigenvalue weighted by Crippen LogP contribution is 2.26. The van der Waals surface area contributed by atoms with Gasteiger partial charge in [-0.2, -0.15) is 0 Å². The maximum absolute atomic E-state index is 13.5. The molecule has 1 atom stereocenters. The van der Waals surface area contributed by atoms with Crippen LogP contribution >= 0.6 is 0 Å². The SMILES string of the molecule is CCOCCOc1cccc(F)c1C(C)N. The fraction of sp³-hybridized carbons (Fsp3) is 0.500. The zero-order valence-electron chi connectivity index (χ0n) is 9.70. The molecule has 1 rings (SSSR count). The molecule has 0 aromatic heterocycles. The summed E-state index contributed by atoms with van der Waals surface area (Å²) in [5, 5.41) is 0. The monoisotopic (exact) mass is 227 g/mol. The summed E-state index contributed by atoms with van der Waals surface area (Å²) in [6.45, 7) is 5.18. The van der Waals surface area contributed by atoms with Crippen LogP contribution in [0.1, 0.15) is 25.5 Å². The topological polar surface area (TPSA) is 44.5 Å². The summed E-state index contributed by atoms with van der Waals surface area (Å²) in [4.78, 5) is 0. The molecule has 1 aromatic rings. The highest BCUT2D eigenvalue weighted by atomic mass is 19.1. The van der Waals surface area contributed by atoms with E-state index < -0.39 is 0 Å². The molecule has 4 heteroatoms. The molecule has 3 nitrogen and oxygen atoms in total. The first-order chi connectivity index (χ1) is 7.66. The van der Waals surface area contributed by atoms with Crippen molar-refractivity contribution in [1.82, 2.24) is 0 Å². The van der Waals surface area contributed by atoms with Crippen molar-refractivity contribution in [3.63, 3.8) is 0 Å². The van der Waals surface area contributed by atoms with Gasteiger partial charge in [-0.05, 0) is 26.0 Å². The number of benzene rings is 1. The molecule has 1 unspecified atom stereocenters. The van der Waals surface area contributed by atoms with Gasteiger partial charge in [-0.1, -0.05) is 6.07 Å². The molecule has 0 aliphatic heterocycles. The Bertz CT molecular complexity index is 329. The van der Waals surface area contributed by atoms with Gasteiger partial charge in [-0.25, -0.2) is 4.39 Å². The van der Waals surface area contributed by atoms with E-state index in [1.807, 2.05) is 6.92 Å². The predicted molar refractivity (Wildman–Crippen MR) is 61.0 cm³/mol. The molecule has 2 N–H and O–H groups in total. The minimum atomic E-state index is -0.386. The average Bonchev–Trinajstić information content (AvgIpc) is 2.24. The standard InChI is InChI=1S/C12H18FNO2/c1-3-15-7-8-16-11-6-4-5-10(13)12(11)9(2)14/h4-6,9H,3,7-8,14H2,1-2H3. The van der Waals surface area contributed by atoms with Gasteiger partial charge < -0.3 is 15.2 Å². The van der Waals surface area contributed by atoms with Crippen molar-refractivity contribution < 1.29 is 13.9 Å². The molecule has 0 spiro atoms. The number of halogens is 1. The second-order valence-electron chi connectivity index (χ2n) is 3.49. The number of hydrogen-bond donors (Lipinski definition) is 1. The van der Waals surface area contributed by atoms with Crippen LogP contribution in [0.4, 0.5) is 4.39 Å². The van der Waals surface area contributed by atoms with Crippen LogP contribution in [0, 0.1) is 5.82 Å². The van der Waals surface area contributed by atoms with E-state index in [1.54, 1.807) is 19.1 Å². The van der Waals surface area contributed by atoms with Crippen molar-refractivity contribution in [2.75, 3.05) is 19.8 Å². The Balaban J connectivity index is 2.67. The number of hydrogen-bond acceptors (Lipinski definition) is 3. The minimum absolute atomic E-state index is 0.330. The summed E-state index contributed by atoms with van der Waals surface area (Å²) in [5.41, 5.74) is 6.11. The highest BCUT2D eigenvalue weighted by molar-refractivity contribution is 5.36. The first kappa shape index (κ1) is 12.9. The summed E-state index contributed by atoms with van der Waals surface area (Å²) in [7, 11) is 0. The molecule has 0 saturated heterocycles. The van der Waals surface area contributed by atoms with Crippen LogP contribution in [0.2, 0.25) is 0 Å². The van der Waals surface area contributed by atoms with Gasteiger partial charge in [0.1, 0.15) is 18.2 Å². The largest absolute Gasteiger partial charge is 0.491 e. The van der Waals surface area contributed by atoms with Gasteiger partial charge in [0.05, 0.1) is 6.61 Å². The van der Waals surface area contributed by atoms with E-state index in [2.05, 4.69) is 0 Å². The van der Waals surface area contributed by atoms with E-state index in [0.717, 1.165) is 0 Å². The molecule has 90 valence electrons. The van der Waals surface area contributed by atoms with Gasteiger partial charge >= 0.3 is 0 Å². The van der Waals surface area contributed by atoms with Gasteiger partial charge in [0.2, 0.25) is 0 Å². The zero-order valence-corrected chi connectivity index (χ0v) is 9.70. The van der Waals surface area contributed by atoms with E-state index >= 15 is 0 Å². The van der Waals surface area contributed by atoms with E-state index in [4.69, 9.17) is 15.2 Å².